The molecule has 0 aliphatic carbocycles. The van der Waals surface area contributed by atoms with Gasteiger partial charge in [0.1, 0.15) is 0 Å². The summed E-state index contributed by atoms with van der Waals surface area (Å²) in [5, 5.41) is 9.76. The number of hydrogen-bond acceptors (Lipinski definition) is 3. The molecule has 1 aromatic carbocycles. The van der Waals surface area contributed by atoms with Crippen molar-refractivity contribution in [1.82, 2.24) is 0 Å². The lowest BCUT2D eigenvalue weighted by atomic mass is 10.0. The van der Waals surface area contributed by atoms with E-state index in [1.807, 2.05) is 18.2 Å². The molecule has 1 heterocycles. The van der Waals surface area contributed by atoms with E-state index in [1.165, 1.54) is 0 Å². The first-order valence-corrected chi connectivity index (χ1v) is 4.89. The van der Waals surface area contributed by atoms with Crippen LogP contribution in [0.1, 0.15) is 31.4 Å². The van der Waals surface area contributed by atoms with Gasteiger partial charge in [0, 0.05) is 0 Å². The molecular formula is C11H14O3. The summed E-state index contributed by atoms with van der Waals surface area (Å²) < 4.78 is 10.4. The van der Waals surface area contributed by atoms with Gasteiger partial charge in [0.05, 0.1) is 6.10 Å². The predicted molar refractivity (Wildman–Crippen MR) is 52.4 cm³/mol. The average molecular weight is 194 g/mol. The Morgan fingerprint density at radius 1 is 1.36 bits per heavy atom. The maximum absolute atomic E-state index is 9.76. The van der Waals surface area contributed by atoms with Crippen molar-refractivity contribution >= 4 is 0 Å². The van der Waals surface area contributed by atoms with Crippen molar-refractivity contribution < 1.29 is 14.6 Å². The van der Waals surface area contributed by atoms with Gasteiger partial charge in [-0.25, -0.2) is 0 Å². The minimum Gasteiger partial charge on any atom is -0.454 e. The zero-order chi connectivity index (χ0) is 9.97. The molecule has 0 radical (unpaired) electrons. The smallest absolute Gasteiger partial charge is 0.231 e. The van der Waals surface area contributed by atoms with Gasteiger partial charge in [0.25, 0.3) is 0 Å². The number of fused-ring (bicyclic) bond motifs is 1. The minimum atomic E-state index is -0.394. The van der Waals surface area contributed by atoms with Crippen LogP contribution in [0, 0.1) is 0 Å². The van der Waals surface area contributed by atoms with Crippen molar-refractivity contribution in [2.24, 2.45) is 0 Å². The average Bonchev–Trinajstić information content (AvgIpc) is 2.64. The number of benzene rings is 1. The van der Waals surface area contributed by atoms with E-state index < -0.39 is 6.10 Å². The fourth-order valence-corrected chi connectivity index (χ4v) is 1.56. The van der Waals surface area contributed by atoms with Crippen molar-refractivity contribution in [2.75, 3.05) is 6.79 Å². The third-order valence-corrected chi connectivity index (χ3v) is 2.34. The van der Waals surface area contributed by atoms with Gasteiger partial charge in [-0.3, -0.25) is 0 Å². The minimum absolute atomic E-state index is 0.280. The second kappa shape index (κ2) is 3.88. The molecule has 14 heavy (non-hydrogen) atoms. The van der Waals surface area contributed by atoms with Crippen LogP contribution in [0.25, 0.3) is 0 Å². The van der Waals surface area contributed by atoms with Crippen molar-refractivity contribution in [3.8, 4) is 11.5 Å². The Morgan fingerprint density at radius 3 is 2.93 bits per heavy atom. The normalized spacial score (nSPS) is 15.6. The van der Waals surface area contributed by atoms with Crippen LogP contribution in [0.2, 0.25) is 0 Å². The van der Waals surface area contributed by atoms with E-state index in [2.05, 4.69) is 6.92 Å². The summed E-state index contributed by atoms with van der Waals surface area (Å²) in [5.41, 5.74) is 0.899. The molecule has 0 saturated carbocycles. The molecule has 0 saturated heterocycles. The Morgan fingerprint density at radius 2 is 2.14 bits per heavy atom. The molecule has 0 spiro atoms. The maximum atomic E-state index is 9.76. The van der Waals surface area contributed by atoms with Crippen LogP contribution < -0.4 is 9.47 Å². The highest BCUT2D eigenvalue weighted by Crippen LogP contribution is 2.34. The van der Waals surface area contributed by atoms with Gasteiger partial charge in [-0.15, -0.1) is 0 Å². The summed E-state index contributed by atoms with van der Waals surface area (Å²) in [6, 6.07) is 5.58. The third kappa shape index (κ3) is 1.68. The van der Waals surface area contributed by atoms with Crippen molar-refractivity contribution in [3.05, 3.63) is 23.8 Å². The largest absolute Gasteiger partial charge is 0.454 e. The Balaban J connectivity index is 2.19. The molecule has 76 valence electrons. The molecule has 1 aliphatic rings. The van der Waals surface area contributed by atoms with Crippen molar-refractivity contribution in [2.45, 2.75) is 25.9 Å². The van der Waals surface area contributed by atoms with E-state index in [1.54, 1.807) is 0 Å². The van der Waals surface area contributed by atoms with Crippen LogP contribution >= 0.6 is 0 Å². The molecule has 1 aliphatic heterocycles. The topological polar surface area (TPSA) is 38.7 Å². The van der Waals surface area contributed by atoms with Gasteiger partial charge in [0.2, 0.25) is 6.79 Å². The number of hydrogen-bond donors (Lipinski definition) is 1. The molecule has 0 amide bonds. The Labute approximate surface area is 83.3 Å². The second-order valence-electron chi connectivity index (χ2n) is 3.42. The third-order valence-electron chi connectivity index (χ3n) is 2.34. The summed E-state index contributed by atoms with van der Waals surface area (Å²) in [6.45, 7) is 2.33. The Kier molecular flexibility index (Phi) is 2.59. The van der Waals surface area contributed by atoms with Gasteiger partial charge >= 0.3 is 0 Å². The molecule has 0 aromatic heterocycles. The van der Waals surface area contributed by atoms with Gasteiger partial charge < -0.3 is 14.6 Å². The van der Waals surface area contributed by atoms with Gasteiger partial charge in [-0.05, 0) is 24.1 Å². The Hall–Kier alpha value is -1.22. The van der Waals surface area contributed by atoms with Gasteiger partial charge in [-0.1, -0.05) is 19.4 Å². The van der Waals surface area contributed by atoms with E-state index in [4.69, 9.17) is 9.47 Å². The molecule has 1 aromatic rings. The van der Waals surface area contributed by atoms with Crippen LogP contribution in [0.15, 0.2) is 18.2 Å². The number of ether oxygens (including phenoxy) is 2. The van der Waals surface area contributed by atoms with Crippen LogP contribution in [0.5, 0.6) is 11.5 Å². The molecule has 0 fully saturated rings. The zero-order valence-electron chi connectivity index (χ0n) is 8.19. The van der Waals surface area contributed by atoms with Crippen LogP contribution in [0.4, 0.5) is 0 Å². The first-order valence-electron chi connectivity index (χ1n) is 4.89. The molecule has 3 heteroatoms. The molecule has 3 nitrogen and oxygen atoms in total. The van der Waals surface area contributed by atoms with Crippen LogP contribution in [-0.2, 0) is 0 Å². The first kappa shape index (κ1) is 9.34. The number of aliphatic hydroxyl groups is 1. The fraction of sp³-hybridized carbons (Fsp3) is 0.455. The molecule has 0 bridgehead atoms. The second-order valence-corrected chi connectivity index (χ2v) is 3.42. The Bertz CT molecular complexity index is 322. The summed E-state index contributed by atoms with van der Waals surface area (Å²) >= 11 is 0. The van der Waals surface area contributed by atoms with Crippen LogP contribution in [-0.4, -0.2) is 11.9 Å². The summed E-state index contributed by atoms with van der Waals surface area (Å²) in [5.74, 6) is 1.50. The van der Waals surface area contributed by atoms with E-state index in [0.717, 1.165) is 29.9 Å². The number of aliphatic hydroxyl groups excluding tert-OH is 1. The molecule has 2 rings (SSSR count). The lowest BCUT2D eigenvalue weighted by Gasteiger charge is -2.09. The standard InChI is InChI=1S/C11H14O3/c1-2-3-9(12)8-4-5-10-11(6-8)14-7-13-10/h4-6,9,12H,2-3,7H2,1H3/t9-/m0/s1. The monoisotopic (exact) mass is 194 g/mol. The van der Waals surface area contributed by atoms with Crippen molar-refractivity contribution in [3.63, 3.8) is 0 Å². The van der Waals surface area contributed by atoms with E-state index in [0.29, 0.717) is 0 Å². The molecule has 1 N–H and O–H groups in total. The summed E-state index contributed by atoms with van der Waals surface area (Å²) in [7, 11) is 0. The van der Waals surface area contributed by atoms with E-state index in [-0.39, 0.29) is 6.79 Å². The SMILES string of the molecule is CCC[C@H](O)c1ccc2c(c1)OCO2. The number of rotatable bonds is 3. The molecule has 1 atom stereocenters. The maximum Gasteiger partial charge on any atom is 0.231 e. The van der Waals surface area contributed by atoms with Crippen molar-refractivity contribution in [1.29, 1.82) is 0 Å². The lowest BCUT2D eigenvalue weighted by molar-refractivity contribution is 0.164. The predicted octanol–water partition coefficient (Wildman–Crippen LogP) is 2.25. The fourth-order valence-electron chi connectivity index (χ4n) is 1.56. The van der Waals surface area contributed by atoms with E-state index >= 15 is 0 Å². The quantitative estimate of drug-likeness (QED) is 0.802. The summed E-state index contributed by atoms with van der Waals surface area (Å²) in [6.07, 6.45) is 1.35. The first-order chi connectivity index (χ1) is 6.81. The molecule has 0 unspecified atom stereocenters. The highest BCUT2D eigenvalue weighted by molar-refractivity contribution is 5.44. The highest BCUT2D eigenvalue weighted by atomic mass is 16.7. The van der Waals surface area contributed by atoms with E-state index in [9.17, 15) is 5.11 Å². The van der Waals surface area contributed by atoms with Gasteiger partial charge in [0.15, 0.2) is 11.5 Å². The zero-order valence-corrected chi connectivity index (χ0v) is 8.19. The van der Waals surface area contributed by atoms with Gasteiger partial charge in [-0.2, -0.15) is 0 Å². The summed E-state index contributed by atoms with van der Waals surface area (Å²) in [4.78, 5) is 0. The lowest BCUT2D eigenvalue weighted by Crippen LogP contribution is -1.96. The van der Waals surface area contributed by atoms with Crippen LogP contribution in [0.3, 0.4) is 0 Å². The highest BCUT2D eigenvalue weighted by Gasteiger charge is 2.15. The molecular weight excluding hydrogens is 180 g/mol.